The Hall–Kier alpha value is -1.32. The molecule has 1 N–H and O–H groups in total. The molecular formula is C16H11Br2N. The second-order valence-electron chi connectivity index (χ2n) is 4.34. The first-order valence-electron chi connectivity index (χ1n) is 5.93. The maximum atomic E-state index is 3.48. The monoisotopic (exact) mass is 375 g/mol. The molecule has 0 saturated heterocycles. The van der Waals surface area contributed by atoms with E-state index in [-0.39, 0.29) is 0 Å². The van der Waals surface area contributed by atoms with Crippen molar-refractivity contribution in [2.24, 2.45) is 0 Å². The lowest BCUT2D eigenvalue weighted by molar-refractivity contribution is 1.43. The Morgan fingerprint density at radius 1 is 0.789 bits per heavy atom. The molecule has 3 aromatic rings. The van der Waals surface area contributed by atoms with E-state index in [2.05, 4.69) is 85.4 Å². The van der Waals surface area contributed by atoms with Crippen molar-refractivity contribution in [3.8, 4) is 0 Å². The van der Waals surface area contributed by atoms with Gasteiger partial charge in [-0.25, -0.2) is 0 Å². The summed E-state index contributed by atoms with van der Waals surface area (Å²) in [6.45, 7) is 0. The molecule has 3 rings (SSSR count). The van der Waals surface area contributed by atoms with Crippen molar-refractivity contribution in [2.75, 3.05) is 0 Å². The van der Waals surface area contributed by atoms with E-state index < -0.39 is 0 Å². The first-order valence-corrected chi connectivity index (χ1v) is 7.51. The summed E-state index contributed by atoms with van der Waals surface area (Å²) in [5.41, 5.74) is 3.43. The molecule has 0 aliphatic carbocycles. The molecule has 0 aliphatic heterocycles. The molecule has 1 heterocycles. The molecule has 0 amide bonds. The van der Waals surface area contributed by atoms with Crippen LogP contribution in [-0.2, 0) is 0 Å². The van der Waals surface area contributed by atoms with Crippen LogP contribution in [0, 0.1) is 0 Å². The van der Waals surface area contributed by atoms with Crippen molar-refractivity contribution in [3.63, 3.8) is 0 Å². The molecule has 94 valence electrons. The van der Waals surface area contributed by atoms with E-state index in [1.54, 1.807) is 0 Å². The Kier molecular flexibility index (Phi) is 3.58. The second kappa shape index (κ2) is 5.35. The molecule has 0 atom stereocenters. The predicted octanol–water partition coefficient (Wildman–Crippen LogP) is 5.86. The van der Waals surface area contributed by atoms with Crippen LogP contribution < -0.4 is 0 Å². The summed E-state index contributed by atoms with van der Waals surface area (Å²) < 4.78 is 2.19. The molecule has 1 nitrogen and oxygen atoms in total. The summed E-state index contributed by atoms with van der Waals surface area (Å²) in [4.78, 5) is 3.39. The number of nitrogens with one attached hydrogen (secondary N) is 1. The third-order valence-corrected chi connectivity index (χ3v) is 3.95. The van der Waals surface area contributed by atoms with Gasteiger partial charge in [-0.15, -0.1) is 0 Å². The summed E-state index contributed by atoms with van der Waals surface area (Å²) in [7, 11) is 0. The number of hydrogen-bond acceptors (Lipinski definition) is 0. The van der Waals surface area contributed by atoms with Crippen LogP contribution in [0.3, 0.4) is 0 Å². The lowest BCUT2D eigenvalue weighted by Gasteiger charge is -1.93. The first kappa shape index (κ1) is 12.7. The third kappa shape index (κ3) is 2.99. The largest absolute Gasteiger partial charge is 0.355 e. The van der Waals surface area contributed by atoms with Gasteiger partial charge in [0.2, 0.25) is 0 Å². The summed E-state index contributed by atoms with van der Waals surface area (Å²) in [5.74, 6) is 0. The van der Waals surface area contributed by atoms with Crippen LogP contribution in [-0.4, -0.2) is 4.98 Å². The topological polar surface area (TPSA) is 15.8 Å². The molecule has 0 unspecified atom stereocenters. The van der Waals surface area contributed by atoms with E-state index in [9.17, 15) is 0 Å². The Bertz CT molecular complexity index is 739. The maximum Gasteiger partial charge on any atom is 0.0469 e. The molecule has 3 heteroatoms. The molecule has 0 bridgehead atoms. The van der Waals surface area contributed by atoms with E-state index >= 15 is 0 Å². The van der Waals surface area contributed by atoms with Crippen molar-refractivity contribution in [3.05, 3.63) is 68.7 Å². The summed E-state index contributed by atoms with van der Waals surface area (Å²) in [6.07, 6.45) is 4.20. The number of aromatic amines is 1. The fourth-order valence-corrected chi connectivity index (χ4v) is 2.60. The Morgan fingerprint density at radius 3 is 2.32 bits per heavy atom. The number of H-pyrrole nitrogens is 1. The average molecular weight is 377 g/mol. The number of rotatable bonds is 2. The van der Waals surface area contributed by atoms with Crippen molar-refractivity contribution >= 4 is 54.9 Å². The highest BCUT2D eigenvalue weighted by Gasteiger charge is 1.98. The van der Waals surface area contributed by atoms with E-state index in [4.69, 9.17) is 0 Å². The molecule has 19 heavy (non-hydrogen) atoms. The SMILES string of the molecule is Brc1ccc(/C=C/c2cc3ccc(Br)cc3[nH]2)cc1. The van der Waals surface area contributed by atoms with Gasteiger partial charge in [0.25, 0.3) is 0 Å². The first-order chi connectivity index (χ1) is 9.20. The Morgan fingerprint density at radius 2 is 1.53 bits per heavy atom. The van der Waals surface area contributed by atoms with E-state index in [1.807, 2.05) is 12.1 Å². The second-order valence-corrected chi connectivity index (χ2v) is 6.17. The maximum absolute atomic E-state index is 3.48. The average Bonchev–Trinajstić information content (AvgIpc) is 2.80. The lowest BCUT2D eigenvalue weighted by atomic mass is 10.2. The molecule has 0 spiro atoms. The van der Waals surface area contributed by atoms with Crippen molar-refractivity contribution in [1.82, 2.24) is 4.98 Å². The van der Waals surface area contributed by atoms with Crippen LogP contribution in [0.5, 0.6) is 0 Å². The normalized spacial score (nSPS) is 11.5. The van der Waals surface area contributed by atoms with Crippen molar-refractivity contribution < 1.29 is 0 Å². The standard InChI is InChI=1S/C16H11Br2N/c17-13-5-1-11(2-6-13)3-8-15-9-12-4-7-14(18)10-16(12)19-15/h1-10,19H/b8-3+. The fraction of sp³-hybridized carbons (Fsp3) is 0. The zero-order valence-corrected chi connectivity index (χ0v) is 13.2. The molecule has 1 aromatic heterocycles. The van der Waals surface area contributed by atoms with Gasteiger partial charge in [0.05, 0.1) is 0 Å². The smallest absolute Gasteiger partial charge is 0.0469 e. The third-order valence-electron chi connectivity index (χ3n) is 2.93. The van der Waals surface area contributed by atoms with Crippen LogP contribution in [0.25, 0.3) is 23.1 Å². The molecule has 0 radical (unpaired) electrons. The van der Waals surface area contributed by atoms with E-state index in [0.29, 0.717) is 0 Å². The molecule has 0 aliphatic rings. The van der Waals surface area contributed by atoms with Gasteiger partial charge in [0.1, 0.15) is 0 Å². The highest BCUT2D eigenvalue weighted by Crippen LogP contribution is 2.21. The van der Waals surface area contributed by atoms with Gasteiger partial charge in [0.15, 0.2) is 0 Å². The molecule has 2 aromatic carbocycles. The van der Waals surface area contributed by atoms with Crippen molar-refractivity contribution in [2.45, 2.75) is 0 Å². The summed E-state index contributed by atoms with van der Waals surface area (Å²) >= 11 is 6.92. The molecular weight excluding hydrogens is 366 g/mol. The number of fused-ring (bicyclic) bond motifs is 1. The van der Waals surface area contributed by atoms with Gasteiger partial charge < -0.3 is 4.98 Å². The predicted molar refractivity (Wildman–Crippen MR) is 89.1 cm³/mol. The minimum atomic E-state index is 1.09. The van der Waals surface area contributed by atoms with Gasteiger partial charge in [0, 0.05) is 25.5 Å². The lowest BCUT2D eigenvalue weighted by Crippen LogP contribution is -1.72. The van der Waals surface area contributed by atoms with E-state index in [0.717, 1.165) is 20.2 Å². The number of benzene rings is 2. The zero-order valence-electron chi connectivity index (χ0n) is 10.0. The van der Waals surface area contributed by atoms with Gasteiger partial charge in [-0.2, -0.15) is 0 Å². The van der Waals surface area contributed by atoms with Gasteiger partial charge >= 0.3 is 0 Å². The van der Waals surface area contributed by atoms with Gasteiger partial charge in [-0.3, -0.25) is 0 Å². The van der Waals surface area contributed by atoms with Gasteiger partial charge in [-0.05, 0) is 42.0 Å². The number of hydrogen-bond donors (Lipinski definition) is 1. The minimum Gasteiger partial charge on any atom is -0.355 e. The minimum absolute atomic E-state index is 1.09. The van der Waals surface area contributed by atoms with Crippen LogP contribution in [0.15, 0.2) is 57.5 Å². The number of aromatic nitrogens is 1. The Balaban J connectivity index is 1.90. The Labute approximate surface area is 128 Å². The van der Waals surface area contributed by atoms with Crippen LogP contribution in [0.1, 0.15) is 11.3 Å². The highest BCUT2D eigenvalue weighted by molar-refractivity contribution is 9.10. The zero-order chi connectivity index (χ0) is 13.2. The molecule has 0 fully saturated rings. The fourth-order valence-electron chi connectivity index (χ4n) is 1.97. The van der Waals surface area contributed by atoms with Crippen LogP contribution in [0.2, 0.25) is 0 Å². The van der Waals surface area contributed by atoms with E-state index in [1.165, 1.54) is 10.9 Å². The molecule has 0 saturated carbocycles. The van der Waals surface area contributed by atoms with Gasteiger partial charge in [-0.1, -0.05) is 56.1 Å². The van der Waals surface area contributed by atoms with Crippen LogP contribution >= 0.6 is 31.9 Å². The summed E-state index contributed by atoms with van der Waals surface area (Å²) in [6, 6.07) is 16.7. The van der Waals surface area contributed by atoms with Crippen LogP contribution in [0.4, 0.5) is 0 Å². The summed E-state index contributed by atoms with van der Waals surface area (Å²) in [5, 5.41) is 1.22. The van der Waals surface area contributed by atoms with Crippen molar-refractivity contribution in [1.29, 1.82) is 0 Å². The quantitative estimate of drug-likeness (QED) is 0.576. The number of halogens is 2. The highest BCUT2D eigenvalue weighted by atomic mass is 79.9.